The maximum atomic E-state index is 13.3. The van der Waals surface area contributed by atoms with Crippen LogP contribution in [0, 0.1) is 5.92 Å². The third kappa shape index (κ3) is 4.76. The minimum atomic E-state index is -0.715. The third-order valence-electron chi connectivity index (χ3n) is 5.14. The zero-order valence-electron chi connectivity index (χ0n) is 14.1. The molecule has 3 rings (SSSR count). The summed E-state index contributed by atoms with van der Waals surface area (Å²) >= 11 is 0. The second kappa shape index (κ2) is 8.90. The van der Waals surface area contributed by atoms with Gasteiger partial charge in [0.05, 0.1) is 19.3 Å². The van der Waals surface area contributed by atoms with E-state index >= 15 is 0 Å². The van der Waals surface area contributed by atoms with Gasteiger partial charge in [0, 0.05) is 6.04 Å². The van der Waals surface area contributed by atoms with Crippen LogP contribution in [0.25, 0.3) is 0 Å². The normalized spacial score (nSPS) is 31.4. The maximum Gasteiger partial charge on any atom is 0.131 e. The van der Waals surface area contributed by atoms with Gasteiger partial charge in [0.2, 0.25) is 0 Å². The van der Waals surface area contributed by atoms with Gasteiger partial charge in [-0.1, -0.05) is 43.2 Å². The van der Waals surface area contributed by atoms with Gasteiger partial charge in [-0.25, -0.2) is 4.39 Å². The molecule has 1 saturated carbocycles. The van der Waals surface area contributed by atoms with Gasteiger partial charge in [0.1, 0.15) is 19.0 Å². The molecule has 2 aliphatic rings. The fourth-order valence-electron chi connectivity index (χ4n) is 3.84. The number of alkyl halides is 1. The summed E-state index contributed by atoms with van der Waals surface area (Å²) in [7, 11) is 0. The Morgan fingerprint density at radius 2 is 2.00 bits per heavy atom. The van der Waals surface area contributed by atoms with Crippen molar-refractivity contribution < 1.29 is 19.0 Å². The van der Waals surface area contributed by atoms with Gasteiger partial charge in [-0.2, -0.15) is 0 Å². The number of hydrogen-bond acceptors (Lipinski definition) is 4. The summed E-state index contributed by atoms with van der Waals surface area (Å²) in [6.45, 7) is 0.0334. The van der Waals surface area contributed by atoms with Gasteiger partial charge in [-0.05, 0) is 30.7 Å². The zero-order valence-corrected chi connectivity index (χ0v) is 14.1. The first-order chi connectivity index (χ1) is 11.8. The highest BCUT2D eigenvalue weighted by molar-refractivity contribution is 5.13. The molecule has 1 aromatic carbocycles. The second-order valence-corrected chi connectivity index (χ2v) is 6.95. The molecule has 0 amide bonds. The Morgan fingerprint density at radius 3 is 2.79 bits per heavy atom. The molecule has 4 nitrogen and oxygen atoms in total. The van der Waals surface area contributed by atoms with Crippen LogP contribution in [0.5, 0.6) is 0 Å². The van der Waals surface area contributed by atoms with E-state index in [2.05, 4.69) is 5.32 Å². The lowest BCUT2D eigenvalue weighted by Gasteiger charge is -2.43. The lowest BCUT2D eigenvalue weighted by molar-refractivity contribution is -0.145. The quantitative estimate of drug-likeness (QED) is 0.803. The maximum absolute atomic E-state index is 13.3. The number of fused-ring (bicyclic) bond motifs is 1. The van der Waals surface area contributed by atoms with Crippen molar-refractivity contribution in [2.45, 2.75) is 63.2 Å². The molecule has 24 heavy (non-hydrogen) atoms. The van der Waals surface area contributed by atoms with E-state index in [-0.39, 0.29) is 12.7 Å². The van der Waals surface area contributed by atoms with Gasteiger partial charge in [-0.15, -0.1) is 0 Å². The van der Waals surface area contributed by atoms with Gasteiger partial charge in [0.25, 0.3) is 0 Å². The van der Waals surface area contributed by atoms with E-state index in [1.54, 1.807) is 0 Å². The predicted octanol–water partition coefficient (Wildman–Crippen LogP) is 2.80. The monoisotopic (exact) mass is 337 g/mol. The highest BCUT2D eigenvalue weighted by Crippen LogP contribution is 2.33. The summed E-state index contributed by atoms with van der Waals surface area (Å²) < 4.78 is 24.7. The number of halogens is 1. The molecule has 1 aromatic rings. The number of benzene rings is 1. The summed E-state index contributed by atoms with van der Waals surface area (Å²) in [5.74, 6) is 0.526. The number of hydrogen-bond donors (Lipinski definition) is 2. The summed E-state index contributed by atoms with van der Waals surface area (Å²) in [6.07, 6.45) is 3.82. The Hall–Kier alpha value is -1.01. The molecular formula is C19H28FNO3. The highest BCUT2D eigenvalue weighted by atomic mass is 19.1. The Morgan fingerprint density at radius 1 is 1.21 bits per heavy atom. The van der Waals surface area contributed by atoms with E-state index < -0.39 is 19.0 Å². The van der Waals surface area contributed by atoms with Crippen LogP contribution >= 0.6 is 0 Å². The molecule has 134 valence electrons. The SMILES string of the molecule is OC1NC2CCCCC2CC1OC(CF)COCc1ccccc1. The predicted molar refractivity (Wildman–Crippen MR) is 90.2 cm³/mol. The third-order valence-corrected chi connectivity index (χ3v) is 5.14. The molecule has 0 aromatic heterocycles. The van der Waals surface area contributed by atoms with Crippen LogP contribution in [0.1, 0.15) is 37.7 Å². The lowest BCUT2D eigenvalue weighted by Crippen LogP contribution is -2.57. The van der Waals surface area contributed by atoms with Gasteiger partial charge in [0.15, 0.2) is 0 Å². The highest BCUT2D eigenvalue weighted by Gasteiger charge is 2.38. The Balaban J connectivity index is 1.45. The van der Waals surface area contributed by atoms with E-state index in [1.165, 1.54) is 12.8 Å². The van der Waals surface area contributed by atoms with Crippen LogP contribution in [0.4, 0.5) is 4.39 Å². The topological polar surface area (TPSA) is 50.7 Å². The fraction of sp³-hybridized carbons (Fsp3) is 0.684. The van der Waals surface area contributed by atoms with E-state index in [9.17, 15) is 9.50 Å². The van der Waals surface area contributed by atoms with Crippen molar-refractivity contribution in [3.05, 3.63) is 35.9 Å². The van der Waals surface area contributed by atoms with Crippen LogP contribution < -0.4 is 5.32 Å². The number of rotatable bonds is 7. The molecule has 2 N–H and O–H groups in total. The minimum Gasteiger partial charge on any atom is -0.376 e. The van der Waals surface area contributed by atoms with Crippen LogP contribution in [-0.4, -0.2) is 42.9 Å². The Kier molecular flexibility index (Phi) is 6.60. The first-order valence-corrected chi connectivity index (χ1v) is 9.03. The van der Waals surface area contributed by atoms with Crippen molar-refractivity contribution in [2.75, 3.05) is 13.3 Å². The van der Waals surface area contributed by atoms with Gasteiger partial charge < -0.3 is 14.6 Å². The molecular weight excluding hydrogens is 309 g/mol. The number of piperidine rings is 1. The largest absolute Gasteiger partial charge is 0.376 e. The summed E-state index contributed by atoms with van der Waals surface area (Å²) in [4.78, 5) is 0. The van der Waals surface area contributed by atoms with Crippen LogP contribution in [-0.2, 0) is 16.1 Å². The molecule has 0 bridgehead atoms. The van der Waals surface area contributed by atoms with Crippen molar-refractivity contribution in [1.82, 2.24) is 5.32 Å². The van der Waals surface area contributed by atoms with Crippen LogP contribution in [0.15, 0.2) is 30.3 Å². The summed E-state index contributed by atoms with van der Waals surface area (Å²) in [5.41, 5.74) is 1.06. The fourth-order valence-corrected chi connectivity index (χ4v) is 3.84. The Labute approximate surface area is 143 Å². The van der Waals surface area contributed by atoms with E-state index in [4.69, 9.17) is 9.47 Å². The van der Waals surface area contributed by atoms with Crippen LogP contribution in [0.3, 0.4) is 0 Å². The molecule has 5 unspecified atom stereocenters. The Bertz CT molecular complexity index is 487. The number of aliphatic hydroxyl groups excluding tert-OH is 1. The molecule has 0 spiro atoms. The number of aliphatic hydroxyl groups is 1. The molecule has 5 heteroatoms. The van der Waals surface area contributed by atoms with Crippen LogP contribution in [0.2, 0.25) is 0 Å². The second-order valence-electron chi connectivity index (χ2n) is 6.95. The van der Waals surface area contributed by atoms with E-state index in [0.29, 0.717) is 18.6 Å². The summed E-state index contributed by atoms with van der Waals surface area (Å²) in [5, 5.41) is 13.5. The average molecular weight is 337 g/mol. The molecule has 0 radical (unpaired) electrons. The zero-order chi connectivity index (χ0) is 16.8. The standard InChI is InChI=1S/C19H28FNO3/c20-11-16(13-23-12-14-6-2-1-3-7-14)24-18-10-15-8-4-5-9-17(15)21-19(18)22/h1-3,6-7,15-19,21-22H,4-5,8-13H2. The average Bonchev–Trinajstić information content (AvgIpc) is 2.62. The van der Waals surface area contributed by atoms with Crippen molar-refractivity contribution in [1.29, 1.82) is 0 Å². The summed E-state index contributed by atoms with van der Waals surface area (Å²) in [6, 6.07) is 10.2. The molecule has 1 aliphatic carbocycles. The van der Waals surface area contributed by atoms with E-state index in [1.807, 2.05) is 30.3 Å². The molecule has 1 heterocycles. The molecule has 1 aliphatic heterocycles. The minimum absolute atomic E-state index is 0.197. The first-order valence-electron chi connectivity index (χ1n) is 9.03. The number of nitrogens with one attached hydrogen (secondary N) is 1. The van der Waals surface area contributed by atoms with Crippen molar-refractivity contribution in [3.63, 3.8) is 0 Å². The molecule has 5 atom stereocenters. The van der Waals surface area contributed by atoms with Gasteiger partial charge in [-0.3, -0.25) is 5.32 Å². The molecule has 1 saturated heterocycles. The first kappa shape index (κ1) is 17.8. The van der Waals surface area contributed by atoms with Crippen molar-refractivity contribution >= 4 is 0 Å². The van der Waals surface area contributed by atoms with Crippen molar-refractivity contribution in [2.24, 2.45) is 5.92 Å². The van der Waals surface area contributed by atoms with Crippen molar-refractivity contribution in [3.8, 4) is 0 Å². The van der Waals surface area contributed by atoms with E-state index in [0.717, 1.165) is 24.8 Å². The lowest BCUT2D eigenvalue weighted by atomic mass is 9.78. The smallest absolute Gasteiger partial charge is 0.131 e. The number of ether oxygens (including phenoxy) is 2. The molecule has 2 fully saturated rings. The van der Waals surface area contributed by atoms with Gasteiger partial charge >= 0.3 is 0 Å².